The van der Waals surface area contributed by atoms with Crippen molar-refractivity contribution in [1.82, 2.24) is 9.13 Å². The fourth-order valence-electron chi connectivity index (χ4n) is 17.1. The van der Waals surface area contributed by atoms with Crippen LogP contribution in [0.1, 0.15) is 99.9 Å². The second-order valence-corrected chi connectivity index (χ2v) is 28.2. The average Bonchev–Trinajstić information content (AvgIpc) is 1.63. The number of rotatable bonds is 5. The van der Waals surface area contributed by atoms with Crippen LogP contribution in [-0.2, 0) is 35.8 Å². The van der Waals surface area contributed by atoms with Gasteiger partial charge in [-0.3, -0.25) is 0 Å². The van der Waals surface area contributed by atoms with Gasteiger partial charge in [0.05, 0.1) is 0 Å². The molecule has 88 heavy (non-hydrogen) atoms. The maximum absolute atomic E-state index is 2.49. The van der Waals surface area contributed by atoms with E-state index < -0.39 is 0 Å². The van der Waals surface area contributed by atoms with E-state index in [2.05, 4.69) is 309 Å². The van der Waals surface area contributed by atoms with E-state index in [0.717, 1.165) is 0 Å². The summed E-state index contributed by atoms with van der Waals surface area (Å²) in [5, 5.41) is 5.17. The molecular formula is C86H68N2. The van der Waals surface area contributed by atoms with Crippen LogP contribution in [0, 0.1) is 0 Å². The van der Waals surface area contributed by atoms with Crippen LogP contribution in [0.25, 0.3) is 144 Å². The van der Waals surface area contributed by atoms with Gasteiger partial charge in [0.15, 0.2) is 0 Å². The molecule has 0 saturated heterocycles. The molecule has 0 aliphatic heterocycles. The Kier molecular flexibility index (Phi) is 10.2. The van der Waals surface area contributed by atoms with Gasteiger partial charge in [-0.25, -0.2) is 0 Å². The number of para-hydroxylation sites is 1. The summed E-state index contributed by atoms with van der Waals surface area (Å²) in [5.74, 6) is 0. The molecule has 0 fully saturated rings. The number of aryl methyl sites for hydroxylation is 2. The first kappa shape index (κ1) is 51.5. The van der Waals surface area contributed by atoms with Crippen LogP contribution < -0.4 is 0 Å². The summed E-state index contributed by atoms with van der Waals surface area (Å²) in [4.78, 5) is 0. The van der Waals surface area contributed by atoms with Gasteiger partial charge in [0.2, 0.25) is 0 Å². The lowest BCUT2D eigenvalue weighted by atomic mass is 9.79. The Morgan fingerprint density at radius 2 is 0.409 bits per heavy atom. The fraction of sp³-hybridized carbons (Fsp3) is 0.163. The smallest absolute Gasteiger partial charge is 0.0489 e. The van der Waals surface area contributed by atoms with E-state index in [1.165, 1.54) is 188 Å². The fourth-order valence-corrected chi connectivity index (χ4v) is 17.1. The van der Waals surface area contributed by atoms with Crippen LogP contribution in [0.5, 0.6) is 0 Å². The monoisotopic (exact) mass is 1130 g/mol. The van der Waals surface area contributed by atoms with Gasteiger partial charge >= 0.3 is 0 Å². The van der Waals surface area contributed by atoms with Crippen molar-refractivity contribution >= 4 is 43.6 Å². The minimum atomic E-state index is -0.186. The summed E-state index contributed by atoms with van der Waals surface area (Å²) in [5.41, 5.74) is 39.0. The molecule has 0 bridgehead atoms. The van der Waals surface area contributed by atoms with Crippen LogP contribution in [0.4, 0.5) is 0 Å². The van der Waals surface area contributed by atoms with Crippen molar-refractivity contribution in [2.75, 3.05) is 0 Å². The summed E-state index contributed by atoms with van der Waals surface area (Å²) in [6.45, 7) is 19.2. The van der Waals surface area contributed by atoms with Gasteiger partial charge in [0, 0.05) is 79.4 Å². The minimum Gasteiger partial charge on any atom is -0.344 e. The third kappa shape index (κ3) is 6.89. The quantitative estimate of drug-likeness (QED) is 0.163. The van der Waals surface area contributed by atoms with Crippen molar-refractivity contribution < 1.29 is 0 Å². The van der Waals surface area contributed by atoms with Crippen LogP contribution in [0.2, 0.25) is 0 Å². The highest BCUT2D eigenvalue weighted by Gasteiger charge is 2.40. The molecule has 0 atom stereocenters. The lowest BCUT2D eigenvalue weighted by Crippen LogP contribution is -2.15. The van der Waals surface area contributed by atoms with Gasteiger partial charge < -0.3 is 9.13 Å². The van der Waals surface area contributed by atoms with E-state index in [4.69, 9.17) is 0 Å². The lowest BCUT2D eigenvalue weighted by Gasteiger charge is -2.24. The second kappa shape index (κ2) is 17.5. The molecular weight excluding hydrogens is 1060 g/mol. The van der Waals surface area contributed by atoms with Crippen molar-refractivity contribution in [2.24, 2.45) is 14.1 Å². The molecule has 0 spiro atoms. The number of fused-ring (bicyclic) bond motifs is 18. The molecule has 2 nitrogen and oxygen atoms in total. The van der Waals surface area contributed by atoms with E-state index in [0.29, 0.717) is 0 Å². The number of nitrogens with zero attached hydrogens (tertiary/aromatic N) is 2. The van der Waals surface area contributed by atoms with E-state index >= 15 is 0 Å². The lowest BCUT2D eigenvalue weighted by molar-refractivity contribution is 0.659. The highest BCUT2D eigenvalue weighted by Crippen LogP contribution is 2.56. The van der Waals surface area contributed by atoms with Crippen LogP contribution >= 0.6 is 0 Å². The Balaban J connectivity index is 0.630. The molecule has 12 aromatic carbocycles. The number of hydrogen-bond acceptors (Lipinski definition) is 0. The predicted octanol–water partition coefficient (Wildman–Crippen LogP) is 22.5. The highest BCUT2D eigenvalue weighted by atomic mass is 14.9. The molecule has 0 N–H and O–H groups in total. The maximum Gasteiger partial charge on any atom is 0.0489 e. The molecule has 2 aromatic heterocycles. The minimum absolute atomic E-state index is 0.0360. The van der Waals surface area contributed by atoms with Crippen LogP contribution in [0.3, 0.4) is 0 Å². The second-order valence-electron chi connectivity index (χ2n) is 28.2. The highest BCUT2D eigenvalue weighted by molar-refractivity contribution is 6.11. The van der Waals surface area contributed by atoms with Crippen LogP contribution in [-0.4, -0.2) is 9.13 Å². The Hall–Kier alpha value is -9.76. The van der Waals surface area contributed by atoms with Gasteiger partial charge in [-0.2, -0.15) is 0 Å². The average molecular weight is 1130 g/mol. The van der Waals surface area contributed by atoms with Gasteiger partial charge in [0.25, 0.3) is 0 Å². The first-order valence-corrected chi connectivity index (χ1v) is 31.6. The zero-order valence-electron chi connectivity index (χ0n) is 51.8. The zero-order chi connectivity index (χ0) is 59.7. The normalized spacial score (nSPS) is 15.5. The molecule has 0 unspecified atom stereocenters. The maximum atomic E-state index is 2.49. The van der Waals surface area contributed by atoms with E-state index in [9.17, 15) is 0 Å². The van der Waals surface area contributed by atoms with Gasteiger partial charge in [-0.05, 0) is 230 Å². The summed E-state index contributed by atoms with van der Waals surface area (Å²) in [7, 11) is 4.39. The van der Waals surface area contributed by atoms with Crippen molar-refractivity contribution in [3.63, 3.8) is 0 Å². The number of aromatic nitrogens is 2. The van der Waals surface area contributed by atoms with Crippen molar-refractivity contribution in [3.8, 4) is 100 Å². The predicted molar refractivity (Wildman–Crippen MR) is 372 cm³/mol. The molecule has 0 radical (unpaired) electrons. The first-order chi connectivity index (χ1) is 42.4. The molecule has 4 aliphatic rings. The standard InChI is InChI=1S/C86H68N2/c1-83(2)71-17-13-11-15-59(71)60-29-22-55(45-72(60)83)56-23-33-64-62-31-20-53(43-74(62)85(5,6)76(64)46-56)50-27-37-81-69(40-50)70-41-51(28-38-82(70)88(81)10)54-21-32-63-66-35-25-58(48-78(66)86(7,8)75(63)44-54)57-24-34-65-61-30-19-52(42-73(61)84(3,4)77(65)47-57)49-26-36-80-68(39-49)67-16-12-14-18-79(67)87(80)9/h11-48H,1-10H3. The zero-order valence-corrected chi connectivity index (χ0v) is 51.8. The van der Waals surface area contributed by atoms with Gasteiger partial charge in [-0.15, -0.1) is 0 Å². The topological polar surface area (TPSA) is 9.86 Å². The van der Waals surface area contributed by atoms with Crippen LogP contribution in [0.15, 0.2) is 231 Å². The van der Waals surface area contributed by atoms with Gasteiger partial charge in [0.1, 0.15) is 0 Å². The Bertz CT molecular complexity index is 5470. The molecule has 2 heteroatoms. The molecule has 2 heterocycles. The Morgan fingerprint density at radius 1 is 0.193 bits per heavy atom. The van der Waals surface area contributed by atoms with Crippen molar-refractivity contribution in [1.29, 1.82) is 0 Å². The third-order valence-electron chi connectivity index (χ3n) is 22.2. The number of hydrogen-bond donors (Lipinski definition) is 0. The molecule has 0 saturated carbocycles. The molecule has 422 valence electrons. The van der Waals surface area contributed by atoms with E-state index in [1.54, 1.807) is 0 Å². The summed E-state index contributed by atoms with van der Waals surface area (Å²) in [6, 6.07) is 89.2. The van der Waals surface area contributed by atoms with E-state index in [-0.39, 0.29) is 21.7 Å². The summed E-state index contributed by atoms with van der Waals surface area (Å²) >= 11 is 0. The largest absolute Gasteiger partial charge is 0.344 e. The SMILES string of the molecule is Cn1c2ccccc2c2cc(-c3ccc4c(c3)C(C)(C)c3cc(-c5ccc6c(c5)C(C)(C)c5cc(-c7ccc8c(c7)c7cc(-c9ccc%10c(c9)C(C)(C)c9cc(-c%11ccc%12c(c%11)C(C)(C)c%11ccccc%11-%12)ccc9-%10)ccc7n8C)ccc5-6)ccc3-4)ccc21. The Labute approximate surface area is 516 Å². The molecule has 4 aliphatic carbocycles. The van der Waals surface area contributed by atoms with Crippen molar-refractivity contribution in [3.05, 3.63) is 275 Å². The summed E-state index contributed by atoms with van der Waals surface area (Å²) in [6.07, 6.45) is 0. The third-order valence-corrected chi connectivity index (χ3v) is 22.2. The summed E-state index contributed by atoms with van der Waals surface area (Å²) < 4.78 is 4.68. The van der Waals surface area contributed by atoms with Gasteiger partial charge in [-0.1, -0.05) is 201 Å². The Morgan fingerprint density at radius 3 is 0.727 bits per heavy atom. The molecule has 18 rings (SSSR count). The first-order valence-electron chi connectivity index (χ1n) is 31.6. The van der Waals surface area contributed by atoms with Crippen molar-refractivity contribution in [2.45, 2.75) is 77.0 Å². The number of benzene rings is 12. The van der Waals surface area contributed by atoms with E-state index in [1.807, 2.05) is 0 Å². The molecule has 0 amide bonds. The molecule has 14 aromatic rings.